The number of hydrogen-bond donors (Lipinski definition) is 0. The zero-order chi connectivity index (χ0) is 18.5. The monoisotopic (exact) mass is 376 g/mol. The molecule has 1 amide bonds. The molecular weight excluding hydrogens is 356 g/mol. The molecule has 0 unspecified atom stereocenters. The molecule has 1 fully saturated rings. The summed E-state index contributed by atoms with van der Waals surface area (Å²) in [6, 6.07) is 9.46. The minimum Gasteiger partial charge on any atom is -0.457 e. The summed E-state index contributed by atoms with van der Waals surface area (Å²) in [5.74, 6) is -0.651. The molecule has 1 aromatic carbocycles. The summed E-state index contributed by atoms with van der Waals surface area (Å²) >= 11 is 5.90. The topological polar surface area (TPSA) is 63.0 Å². The summed E-state index contributed by atoms with van der Waals surface area (Å²) in [5.41, 5.74) is 1.88. The number of aryl methyl sites for hydroxylation is 1. The zero-order valence-corrected chi connectivity index (χ0v) is 15.4. The van der Waals surface area contributed by atoms with Gasteiger partial charge in [0.05, 0.1) is 6.26 Å². The van der Waals surface area contributed by atoms with Crippen LogP contribution in [0.4, 0.5) is 0 Å². The molecule has 0 spiro atoms. The Morgan fingerprint density at radius 2 is 1.81 bits per heavy atom. The number of carbonyl (C=O) groups excluding carboxylic acids is 2. The van der Waals surface area contributed by atoms with Gasteiger partial charge in [-0.1, -0.05) is 23.7 Å². The lowest BCUT2D eigenvalue weighted by molar-refractivity contribution is -0.136. The highest BCUT2D eigenvalue weighted by molar-refractivity contribution is 6.30. The number of carbonyl (C=O) groups is 2. The van der Waals surface area contributed by atoms with Crippen molar-refractivity contribution in [1.29, 1.82) is 0 Å². The molecule has 1 aromatic heterocycles. The van der Waals surface area contributed by atoms with Crippen molar-refractivity contribution < 1.29 is 18.7 Å². The van der Waals surface area contributed by atoms with E-state index in [9.17, 15) is 9.59 Å². The molecule has 7 heteroatoms. The summed E-state index contributed by atoms with van der Waals surface area (Å²) in [7, 11) is 0. The van der Waals surface area contributed by atoms with Gasteiger partial charge in [0.2, 0.25) is 5.76 Å². The molecule has 2 aromatic rings. The van der Waals surface area contributed by atoms with Crippen molar-refractivity contribution >= 4 is 23.5 Å². The number of ether oxygens (including phenoxy) is 1. The lowest BCUT2D eigenvalue weighted by Gasteiger charge is -2.34. The van der Waals surface area contributed by atoms with Gasteiger partial charge in [0.1, 0.15) is 0 Å². The van der Waals surface area contributed by atoms with Crippen LogP contribution in [0.5, 0.6) is 0 Å². The minimum absolute atomic E-state index is 0.144. The predicted molar refractivity (Wildman–Crippen MR) is 97.0 cm³/mol. The Hall–Kier alpha value is -2.31. The Kier molecular flexibility index (Phi) is 5.96. The highest BCUT2D eigenvalue weighted by atomic mass is 35.5. The second-order valence-electron chi connectivity index (χ2n) is 6.29. The van der Waals surface area contributed by atoms with E-state index in [4.69, 9.17) is 20.8 Å². The maximum absolute atomic E-state index is 12.2. The molecule has 0 aliphatic carbocycles. The molecule has 26 heavy (non-hydrogen) atoms. The third-order valence-electron chi connectivity index (χ3n) is 4.42. The predicted octanol–water partition coefficient (Wildman–Crippen LogP) is 2.74. The second kappa shape index (κ2) is 8.38. The van der Waals surface area contributed by atoms with Crippen LogP contribution in [-0.4, -0.2) is 54.5 Å². The SMILES string of the molecule is Cc1ccoc1C(=O)OCC(=O)N1CCN(Cc2ccc(Cl)cc2)CC1. The van der Waals surface area contributed by atoms with E-state index in [1.54, 1.807) is 17.9 Å². The first-order valence-electron chi connectivity index (χ1n) is 8.49. The van der Waals surface area contributed by atoms with Crippen LogP contribution >= 0.6 is 11.6 Å². The van der Waals surface area contributed by atoms with Crippen molar-refractivity contribution in [2.75, 3.05) is 32.8 Å². The number of hydrogen-bond acceptors (Lipinski definition) is 5. The first kappa shape index (κ1) is 18.5. The normalized spacial score (nSPS) is 15.1. The molecule has 1 aliphatic heterocycles. The number of halogens is 1. The van der Waals surface area contributed by atoms with Gasteiger partial charge < -0.3 is 14.1 Å². The van der Waals surface area contributed by atoms with Gasteiger partial charge in [-0.3, -0.25) is 9.69 Å². The summed E-state index contributed by atoms with van der Waals surface area (Å²) in [6.45, 7) is 5.09. The minimum atomic E-state index is -0.609. The smallest absolute Gasteiger partial charge is 0.375 e. The molecule has 6 nitrogen and oxygen atoms in total. The van der Waals surface area contributed by atoms with E-state index < -0.39 is 5.97 Å². The molecule has 3 rings (SSSR count). The lowest BCUT2D eigenvalue weighted by atomic mass is 10.2. The van der Waals surface area contributed by atoms with E-state index in [2.05, 4.69) is 4.90 Å². The maximum Gasteiger partial charge on any atom is 0.375 e. The van der Waals surface area contributed by atoms with Gasteiger partial charge >= 0.3 is 5.97 Å². The Bertz CT molecular complexity index is 764. The van der Waals surface area contributed by atoms with Gasteiger partial charge in [0, 0.05) is 43.3 Å². The standard InChI is InChI=1S/C19H21ClN2O4/c1-14-6-11-25-18(14)19(24)26-13-17(23)22-9-7-21(8-10-22)12-15-2-4-16(20)5-3-15/h2-6,11H,7-10,12-13H2,1H3. The molecule has 0 bridgehead atoms. The Balaban J connectivity index is 1.42. The van der Waals surface area contributed by atoms with Gasteiger partial charge in [0.25, 0.3) is 5.91 Å². The summed E-state index contributed by atoms with van der Waals surface area (Å²) in [6.07, 6.45) is 1.42. The highest BCUT2D eigenvalue weighted by Crippen LogP contribution is 2.13. The molecule has 138 valence electrons. The van der Waals surface area contributed by atoms with Crippen LogP contribution in [0.15, 0.2) is 41.0 Å². The van der Waals surface area contributed by atoms with Crippen LogP contribution in [0, 0.1) is 6.92 Å². The Morgan fingerprint density at radius 1 is 1.12 bits per heavy atom. The number of nitrogens with zero attached hydrogens (tertiary/aromatic N) is 2. The van der Waals surface area contributed by atoms with E-state index in [1.165, 1.54) is 11.8 Å². The fourth-order valence-corrected chi connectivity index (χ4v) is 3.00. The van der Waals surface area contributed by atoms with Gasteiger partial charge in [-0.25, -0.2) is 4.79 Å². The second-order valence-corrected chi connectivity index (χ2v) is 6.73. The maximum atomic E-state index is 12.2. The van der Waals surface area contributed by atoms with Crippen LogP contribution in [0.1, 0.15) is 21.7 Å². The largest absolute Gasteiger partial charge is 0.457 e. The lowest BCUT2D eigenvalue weighted by Crippen LogP contribution is -2.49. The van der Waals surface area contributed by atoms with E-state index in [1.807, 2.05) is 24.3 Å². The van der Waals surface area contributed by atoms with Crippen LogP contribution in [0.2, 0.25) is 5.02 Å². The first-order chi connectivity index (χ1) is 12.5. The van der Waals surface area contributed by atoms with Crippen LogP contribution < -0.4 is 0 Å². The summed E-state index contributed by atoms with van der Waals surface area (Å²) < 4.78 is 10.1. The van der Waals surface area contributed by atoms with Crippen LogP contribution in [0.25, 0.3) is 0 Å². The molecule has 0 saturated carbocycles. The summed E-state index contributed by atoms with van der Waals surface area (Å²) in [4.78, 5) is 28.1. The van der Waals surface area contributed by atoms with E-state index in [0.29, 0.717) is 18.7 Å². The Labute approximate surface area is 157 Å². The van der Waals surface area contributed by atoms with Crippen molar-refractivity contribution in [2.45, 2.75) is 13.5 Å². The van der Waals surface area contributed by atoms with Crippen molar-refractivity contribution in [1.82, 2.24) is 9.80 Å². The Morgan fingerprint density at radius 3 is 2.42 bits per heavy atom. The molecule has 0 radical (unpaired) electrons. The fourth-order valence-electron chi connectivity index (χ4n) is 2.87. The van der Waals surface area contributed by atoms with Gasteiger partial charge in [-0.15, -0.1) is 0 Å². The third-order valence-corrected chi connectivity index (χ3v) is 4.67. The van der Waals surface area contributed by atoms with Crippen LogP contribution in [-0.2, 0) is 16.1 Å². The number of esters is 1. The highest BCUT2D eigenvalue weighted by Gasteiger charge is 2.23. The molecule has 1 saturated heterocycles. The number of furan rings is 1. The zero-order valence-electron chi connectivity index (χ0n) is 14.6. The van der Waals surface area contributed by atoms with Crippen molar-refractivity contribution in [3.05, 3.63) is 58.5 Å². The summed E-state index contributed by atoms with van der Waals surface area (Å²) in [5, 5.41) is 0.725. The van der Waals surface area contributed by atoms with E-state index >= 15 is 0 Å². The van der Waals surface area contributed by atoms with Crippen molar-refractivity contribution in [2.24, 2.45) is 0 Å². The van der Waals surface area contributed by atoms with Gasteiger partial charge in [-0.2, -0.15) is 0 Å². The quantitative estimate of drug-likeness (QED) is 0.751. The molecular formula is C19H21ClN2O4. The number of benzene rings is 1. The third kappa shape index (κ3) is 4.65. The average Bonchev–Trinajstić information content (AvgIpc) is 3.08. The molecule has 0 atom stereocenters. The van der Waals surface area contributed by atoms with Crippen molar-refractivity contribution in [3.8, 4) is 0 Å². The fraction of sp³-hybridized carbons (Fsp3) is 0.368. The molecule has 0 N–H and O–H groups in total. The first-order valence-corrected chi connectivity index (χ1v) is 8.86. The average molecular weight is 377 g/mol. The van der Waals surface area contributed by atoms with E-state index in [0.717, 1.165) is 24.7 Å². The molecule has 1 aliphatic rings. The van der Waals surface area contributed by atoms with Crippen molar-refractivity contribution in [3.63, 3.8) is 0 Å². The van der Waals surface area contributed by atoms with E-state index in [-0.39, 0.29) is 18.3 Å². The molecule has 2 heterocycles. The van der Waals surface area contributed by atoms with Gasteiger partial charge in [0.15, 0.2) is 6.61 Å². The van der Waals surface area contributed by atoms with Crippen LogP contribution in [0.3, 0.4) is 0 Å². The number of piperazine rings is 1. The number of amides is 1. The van der Waals surface area contributed by atoms with Gasteiger partial charge in [-0.05, 0) is 30.7 Å². The number of rotatable bonds is 5.